The van der Waals surface area contributed by atoms with Crippen molar-refractivity contribution < 1.29 is 41.8 Å². The average molecular weight is 720 g/mol. The fourth-order valence-electron chi connectivity index (χ4n) is 3.85. The number of carbonyl (C=O) groups excluding carboxylic acids is 3. The highest BCUT2D eigenvalue weighted by Gasteiger charge is 2.37. The van der Waals surface area contributed by atoms with Crippen molar-refractivity contribution in [3.05, 3.63) is 84.6 Å². The van der Waals surface area contributed by atoms with Crippen molar-refractivity contribution in [1.82, 2.24) is 4.90 Å². The molecule has 0 bridgehead atoms. The van der Waals surface area contributed by atoms with Crippen LogP contribution in [0.3, 0.4) is 0 Å². The van der Waals surface area contributed by atoms with Gasteiger partial charge >= 0.3 is 6.18 Å². The second-order valence-corrected chi connectivity index (χ2v) is 11.5. The molecular weight excluding hydrogens is 700 g/mol. The van der Waals surface area contributed by atoms with Crippen LogP contribution in [0.2, 0.25) is 10.0 Å². The number of imide groups is 1. The maximum Gasteiger partial charge on any atom is 0.416 e. The monoisotopic (exact) mass is 718 g/mol. The number of rotatable bonds is 9. The molecule has 1 aliphatic rings. The summed E-state index contributed by atoms with van der Waals surface area (Å²) in [5, 5.41) is 2.34. The Labute approximate surface area is 266 Å². The Morgan fingerprint density at radius 2 is 1.74 bits per heavy atom. The molecule has 1 N–H and O–H groups in total. The van der Waals surface area contributed by atoms with E-state index in [-0.39, 0.29) is 22.9 Å². The van der Waals surface area contributed by atoms with Gasteiger partial charge in [-0.2, -0.15) is 13.2 Å². The third kappa shape index (κ3) is 7.77. The van der Waals surface area contributed by atoms with Gasteiger partial charge in [-0.3, -0.25) is 19.3 Å². The van der Waals surface area contributed by atoms with Crippen molar-refractivity contribution in [3.8, 4) is 17.2 Å². The average Bonchev–Trinajstić information content (AvgIpc) is 3.20. The SMILES string of the molecule is COc1ccc(C(F)(F)F)cc1NC(=O)CN1C(=O)S/C(=C\c2cc(Br)c(OCc3ccc(Cl)c(Cl)c3)c(OC)c2)C1=O. The van der Waals surface area contributed by atoms with Gasteiger partial charge in [-0.1, -0.05) is 29.3 Å². The smallest absolute Gasteiger partial charge is 0.416 e. The fourth-order valence-corrected chi connectivity index (χ4v) is 5.58. The molecule has 0 spiro atoms. The van der Waals surface area contributed by atoms with Crippen LogP contribution in [0.15, 0.2) is 57.9 Å². The molecule has 0 aliphatic carbocycles. The fraction of sp³-hybridized carbons (Fsp3) is 0.179. The van der Waals surface area contributed by atoms with Crippen LogP contribution in [0, 0.1) is 0 Å². The number of nitrogens with zero attached hydrogens (tertiary/aromatic N) is 1. The first-order chi connectivity index (χ1) is 20.3. The van der Waals surface area contributed by atoms with Crippen molar-refractivity contribution in [2.75, 3.05) is 26.1 Å². The van der Waals surface area contributed by atoms with E-state index in [1.54, 1.807) is 30.3 Å². The standard InChI is InChI=1S/C28H20BrCl2F3N2O6S/c1-40-21-6-4-16(28(32,33)34)11-20(21)35-24(37)12-36-26(38)23(43-27(36)39)10-15-7-17(29)25(22(9-15)41-2)42-13-14-3-5-18(30)19(31)8-14/h3-11H,12-13H2,1-2H3,(H,35,37)/b23-10-. The van der Waals surface area contributed by atoms with Crippen LogP contribution in [0.4, 0.5) is 23.7 Å². The highest BCUT2D eigenvalue weighted by molar-refractivity contribution is 9.10. The lowest BCUT2D eigenvalue weighted by Crippen LogP contribution is -2.36. The summed E-state index contributed by atoms with van der Waals surface area (Å²) in [5.74, 6) is -0.973. The van der Waals surface area contributed by atoms with Crippen LogP contribution in [-0.4, -0.2) is 42.7 Å². The maximum atomic E-state index is 13.1. The van der Waals surface area contributed by atoms with E-state index in [0.29, 0.717) is 54.3 Å². The molecule has 0 aromatic heterocycles. The van der Waals surface area contributed by atoms with Crippen molar-refractivity contribution in [3.63, 3.8) is 0 Å². The minimum atomic E-state index is -4.66. The topological polar surface area (TPSA) is 94.2 Å². The van der Waals surface area contributed by atoms with Crippen molar-refractivity contribution in [2.24, 2.45) is 0 Å². The van der Waals surface area contributed by atoms with Crippen LogP contribution in [0.5, 0.6) is 17.2 Å². The first-order valence-corrected chi connectivity index (χ1v) is 14.4. The summed E-state index contributed by atoms with van der Waals surface area (Å²) in [7, 11) is 2.66. The number of hydrogen-bond donors (Lipinski definition) is 1. The molecule has 4 rings (SSSR count). The summed E-state index contributed by atoms with van der Waals surface area (Å²) in [6.07, 6.45) is -3.22. The van der Waals surface area contributed by atoms with E-state index in [1.807, 2.05) is 0 Å². The Morgan fingerprint density at radius 1 is 1.02 bits per heavy atom. The van der Waals surface area contributed by atoms with E-state index in [0.717, 1.165) is 17.7 Å². The summed E-state index contributed by atoms with van der Waals surface area (Å²) in [6, 6.07) is 10.9. The molecule has 43 heavy (non-hydrogen) atoms. The molecule has 226 valence electrons. The second kappa shape index (κ2) is 13.5. The highest BCUT2D eigenvalue weighted by Crippen LogP contribution is 2.40. The molecule has 15 heteroatoms. The van der Waals surface area contributed by atoms with Crippen LogP contribution < -0.4 is 19.5 Å². The largest absolute Gasteiger partial charge is 0.495 e. The van der Waals surface area contributed by atoms with Gasteiger partial charge in [0.2, 0.25) is 5.91 Å². The number of amides is 3. The number of anilines is 1. The van der Waals surface area contributed by atoms with Crippen molar-refractivity contribution in [1.29, 1.82) is 0 Å². The zero-order valence-corrected chi connectivity index (χ0v) is 26.1. The molecule has 1 fully saturated rings. The lowest BCUT2D eigenvalue weighted by atomic mass is 10.1. The quantitative estimate of drug-likeness (QED) is 0.224. The van der Waals surface area contributed by atoms with Gasteiger partial charge in [0.25, 0.3) is 11.1 Å². The summed E-state index contributed by atoms with van der Waals surface area (Å²) in [4.78, 5) is 39.0. The van der Waals surface area contributed by atoms with Gasteiger partial charge in [0.1, 0.15) is 18.9 Å². The Balaban J connectivity index is 1.48. The predicted molar refractivity (Wildman–Crippen MR) is 161 cm³/mol. The number of alkyl halides is 3. The first-order valence-electron chi connectivity index (χ1n) is 12.1. The zero-order chi connectivity index (χ0) is 31.5. The number of ether oxygens (including phenoxy) is 3. The molecule has 3 aromatic carbocycles. The number of halogens is 6. The minimum Gasteiger partial charge on any atom is -0.495 e. The Morgan fingerprint density at radius 3 is 2.40 bits per heavy atom. The summed E-state index contributed by atoms with van der Waals surface area (Å²) >= 11 is 16.1. The Hall–Kier alpha value is -3.39. The molecule has 8 nitrogen and oxygen atoms in total. The van der Waals surface area contributed by atoms with E-state index >= 15 is 0 Å². The number of hydrogen-bond acceptors (Lipinski definition) is 7. The predicted octanol–water partition coefficient (Wildman–Crippen LogP) is 8.05. The van der Waals surface area contributed by atoms with Crippen LogP contribution >= 0.6 is 50.9 Å². The molecule has 1 saturated heterocycles. The molecule has 1 aliphatic heterocycles. The summed E-state index contributed by atoms with van der Waals surface area (Å²) in [6.45, 7) is -0.575. The Bertz CT molecular complexity index is 1640. The molecule has 0 radical (unpaired) electrons. The van der Waals surface area contributed by atoms with Gasteiger partial charge in [-0.25, -0.2) is 0 Å². The normalized spacial score (nSPS) is 14.3. The number of benzene rings is 3. The second-order valence-electron chi connectivity index (χ2n) is 8.80. The maximum absolute atomic E-state index is 13.1. The number of nitrogens with one attached hydrogen (secondary N) is 1. The van der Waals surface area contributed by atoms with E-state index < -0.39 is 35.3 Å². The first kappa shape index (κ1) is 32.5. The summed E-state index contributed by atoms with van der Waals surface area (Å²) in [5.41, 5.74) is -0.0285. The number of methoxy groups -OCH3 is 2. The molecule has 3 amide bonds. The van der Waals surface area contributed by atoms with E-state index in [1.165, 1.54) is 20.3 Å². The lowest BCUT2D eigenvalue weighted by molar-refractivity contribution is -0.137. The van der Waals surface area contributed by atoms with E-state index in [2.05, 4.69) is 21.2 Å². The molecule has 0 atom stereocenters. The lowest BCUT2D eigenvalue weighted by Gasteiger charge is -2.16. The number of thioether (sulfide) groups is 1. The third-order valence-electron chi connectivity index (χ3n) is 5.89. The van der Waals surface area contributed by atoms with Gasteiger partial charge < -0.3 is 19.5 Å². The van der Waals surface area contributed by atoms with Gasteiger partial charge in [-0.15, -0.1) is 0 Å². The van der Waals surface area contributed by atoms with Gasteiger partial charge in [0.05, 0.1) is 44.9 Å². The van der Waals surface area contributed by atoms with Crippen molar-refractivity contribution >= 4 is 79.7 Å². The van der Waals surface area contributed by atoms with Crippen LogP contribution in [-0.2, 0) is 22.4 Å². The summed E-state index contributed by atoms with van der Waals surface area (Å²) < 4.78 is 56.3. The molecular formula is C28H20BrCl2F3N2O6S. The number of carbonyl (C=O) groups is 3. The van der Waals surface area contributed by atoms with Crippen LogP contribution in [0.1, 0.15) is 16.7 Å². The highest BCUT2D eigenvalue weighted by atomic mass is 79.9. The molecule has 3 aromatic rings. The zero-order valence-electron chi connectivity index (χ0n) is 22.2. The Kier molecular flexibility index (Phi) is 10.2. The van der Waals surface area contributed by atoms with E-state index in [4.69, 9.17) is 37.4 Å². The molecule has 0 unspecified atom stereocenters. The van der Waals surface area contributed by atoms with Gasteiger partial charge in [0.15, 0.2) is 11.5 Å². The van der Waals surface area contributed by atoms with Gasteiger partial charge in [-0.05, 0) is 87.4 Å². The third-order valence-corrected chi connectivity index (χ3v) is 8.13. The molecule has 0 saturated carbocycles. The minimum absolute atomic E-state index is 0.0212. The van der Waals surface area contributed by atoms with Crippen LogP contribution in [0.25, 0.3) is 6.08 Å². The molecule has 1 heterocycles. The van der Waals surface area contributed by atoms with E-state index in [9.17, 15) is 27.6 Å². The van der Waals surface area contributed by atoms with Gasteiger partial charge in [0, 0.05) is 0 Å². The van der Waals surface area contributed by atoms with Crippen molar-refractivity contribution in [2.45, 2.75) is 12.8 Å².